The highest BCUT2D eigenvalue weighted by Gasteiger charge is 2.23. The summed E-state index contributed by atoms with van der Waals surface area (Å²) < 4.78 is 30.2. The van der Waals surface area contributed by atoms with Gasteiger partial charge in [0.05, 0.1) is 16.9 Å². The standard InChI is InChI=1S/C28H25F2N5O2/c1-28(2,3)35-15-24(25(34-35)16-7-10-18(29)11-8-16)33-27(37)32-23-12-9-17(13-22(23)30)19-5-4-6-20-21(19)14-31-26(20)36/h4-13,15H,14H2,1-3H3,(H,31,36)(H2,32,33,37). The smallest absolute Gasteiger partial charge is 0.323 e. The van der Waals surface area contributed by atoms with E-state index in [0.29, 0.717) is 34.6 Å². The van der Waals surface area contributed by atoms with Crippen LogP contribution in [-0.4, -0.2) is 21.7 Å². The Kier molecular flexibility index (Phi) is 5.99. The van der Waals surface area contributed by atoms with Crippen molar-refractivity contribution in [2.24, 2.45) is 0 Å². The maximum Gasteiger partial charge on any atom is 0.323 e. The number of carbonyl (C=O) groups is 2. The van der Waals surface area contributed by atoms with Gasteiger partial charge in [-0.15, -0.1) is 0 Å². The molecule has 0 bridgehead atoms. The van der Waals surface area contributed by atoms with Crippen molar-refractivity contribution in [2.45, 2.75) is 32.9 Å². The quantitative estimate of drug-likeness (QED) is 0.314. The number of urea groups is 1. The van der Waals surface area contributed by atoms with Gasteiger partial charge in [0.25, 0.3) is 5.91 Å². The van der Waals surface area contributed by atoms with Crippen LogP contribution in [0.25, 0.3) is 22.4 Å². The van der Waals surface area contributed by atoms with Crippen molar-refractivity contribution >= 4 is 23.3 Å². The molecular weight excluding hydrogens is 476 g/mol. The molecule has 0 atom stereocenters. The molecule has 2 heterocycles. The Hall–Kier alpha value is -4.53. The summed E-state index contributed by atoms with van der Waals surface area (Å²) in [7, 11) is 0. The van der Waals surface area contributed by atoms with E-state index in [4.69, 9.17) is 0 Å². The highest BCUT2D eigenvalue weighted by atomic mass is 19.1. The van der Waals surface area contributed by atoms with Gasteiger partial charge in [0.15, 0.2) is 0 Å². The zero-order valence-corrected chi connectivity index (χ0v) is 20.5. The second-order valence-electron chi connectivity index (χ2n) is 9.80. The molecule has 188 valence electrons. The molecule has 1 aliphatic heterocycles. The summed E-state index contributed by atoms with van der Waals surface area (Å²) in [4.78, 5) is 24.8. The highest BCUT2D eigenvalue weighted by molar-refractivity contribution is 6.02. The topological polar surface area (TPSA) is 88.0 Å². The first kappa shape index (κ1) is 24.2. The molecule has 9 heteroatoms. The lowest BCUT2D eigenvalue weighted by atomic mass is 9.96. The molecule has 0 fully saturated rings. The number of benzene rings is 3. The van der Waals surface area contributed by atoms with Gasteiger partial charge in [0, 0.05) is 23.9 Å². The van der Waals surface area contributed by atoms with Crippen LogP contribution in [0.1, 0.15) is 36.7 Å². The van der Waals surface area contributed by atoms with Gasteiger partial charge in [-0.05, 0) is 79.9 Å². The Morgan fingerprint density at radius 1 is 0.946 bits per heavy atom. The molecule has 1 aromatic heterocycles. The Morgan fingerprint density at radius 2 is 1.62 bits per heavy atom. The fourth-order valence-corrected chi connectivity index (χ4v) is 4.21. The van der Waals surface area contributed by atoms with Crippen LogP contribution in [0.15, 0.2) is 66.9 Å². The van der Waals surface area contributed by atoms with Crippen molar-refractivity contribution in [2.75, 3.05) is 10.6 Å². The van der Waals surface area contributed by atoms with Gasteiger partial charge in [-0.3, -0.25) is 9.48 Å². The van der Waals surface area contributed by atoms with Crippen LogP contribution in [0.2, 0.25) is 0 Å². The molecule has 0 saturated heterocycles. The van der Waals surface area contributed by atoms with Crippen LogP contribution < -0.4 is 16.0 Å². The SMILES string of the molecule is CC(C)(C)n1cc(NC(=O)Nc2ccc(-c3cccc4c3CNC4=O)cc2F)c(-c2ccc(F)cc2)n1. The van der Waals surface area contributed by atoms with Crippen LogP contribution >= 0.6 is 0 Å². The molecule has 0 aliphatic carbocycles. The number of nitrogens with zero attached hydrogens (tertiary/aromatic N) is 2. The minimum absolute atomic E-state index is 0.00502. The number of aromatic nitrogens is 2. The van der Waals surface area contributed by atoms with Crippen molar-refractivity contribution in [3.05, 3.63) is 89.6 Å². The molecule has 0 radical (unpaired) electrons. The summed E-state index contributed by atoms with van der Waals surface area (Å²) in [6.45, 7) is 6.27. The molecule has 4 aromatic rings. The Morgan fingerprint density at radius 3 is 2.32 bits per heavy atom. The first-order valence-electron chi connectivity index (χ1n) is 11.7. The van der Waals surface area contributed by atoms with Gasteiger partial charge in [-0.2, -0.15) is 5.10 Å². The van der Waals surface area contributed by atoms with Crippen LogP contribution in [0.3, 0.4) is 0 Å². The molecule has 1 aliphatic rings. The number of anilines is 2. The molecule has 7 nitrogen and oxygen atoms in total. The largest absolute Gasteiger partial charge is 0.348 e. The third-order valence-corrected chi connectivity index (χ3v) is 6.14. The first-order chi connectivity index (χ1) is 17.6. The van der Waals surface area contributed by atoms with E-state index in [1.54, 1.807) is 41.2 Å². The zero-order chi connectivity index (χ0) is 26.3. The molecule has 3 amide bonds. The number of hydrogen-bond acceptors (Lipinski definition) is 3. The summed E-state index contributed by atoms with van der Waals surface area (Å²) in [6, 6.07) is 15.0. The molecule has 3 N–H and O–H groups in total. The predicted octanol–water partition coefficient (Wildman–Crippen LogP) is 6.14. The van der Waals surface area contributed by atoms with E-state index in [1.165, 1.54) is 24.3 Å². The van der Waals surface area contributed by atoms with Crippen LogP contribution in [0.4, 0.5) is 25.0 Å². The number of halogens is 2. The predicted molar refractivity (Wildman–Crippen MR) is 138 cm³/mol. The summed E-state index contributed by atoms with van der Waals surface area (Å²) in [5.41, 5.74) is 3.85. The van der Waals surface area contributed by atoms with Crippen LogP contribution in [0, 0.1) is 11.6 Å². The van der Waals surface area contributed by atoms with Gasteiger partial charge in [0.2, 0.25) is 0 Å². The number of amides is 3. The number of nitrogens with one attached hydrogen (secondary N) is 3. The Labute approximate surface area is 212 Å². The fraction of sp³-hybridized carbons (Fsp3) is 0.179. The third-order valence-electron chi connectivity index (χ3n) is 6.14. The van der Waals surface area contributed by atoms with E-state index in [9.17, 15) is 14.0 Å². The summed E-state index contributed by atoms with van der Waals surface area (Å²) in [5, 5.41) is 12.6. The first-order valence-corrected chi connectivity index (χ1v) is 11.7. The van der Waals surface area contributed by atoms with Gasteiger partial charge in [-0.25, -0.2) is 13.6 Å². The average Bonchev–Trinajstić information content (AvgIpc) is 3.45. The summed E-state index contributed by atoms with van der Waals surface area (Å²) >= 11 is 0. The number of carbonyl (C=O) groups excluding carboxylic acids is 2. The lowest BCUT2D eigenvalue weighted by molar-refractivity contribution is 0.0965. The molecule has 3 aromatic carbocycles. The Balaban J connectivity index is 1.38. The van der Waals surface area contributed by atoms with Crippen molar-refractivity contribution in [3.8, 4) is 22.4 Å². The molecule has 0 spiro atoms. The van der Waals surface area contributed by atoms with Crippen molar-refractivity contribution < 1.29 is 18.4 Å². The van der Waals surface area contributed by atoms with E-state index >= 15 is 4.39 Å². The second kappa shape index (κ2) is 9.16. The lowest BCUT2D eigenvalue weighted by Gasteiger charge is -2.18. The van der Waals surface area contributed by atoms with Gasteiger partial charge in [-0.1, -0.05) is 18.2 Å². The molecular formula is C28H25F2N5O2. The van der Waals surface area contributed by atoms with Crippen molar-refractivity contribution in [1.29, 1.82) is 0 Å². The minimum Gasteiger partial charge on any atom is -0.348 e. The number of hydrogen-bond donors (Lipinski definition) is 3. The van der Waals surface area contributed by atoms with E-state index in [-0.39, 0.29) is 23.0 Å². The van der Waals surface area contributed by atoms with Gasteiger partial charge in [0.1, 0.15) is 17.3 Å². The molecule has 0 saturated carbocycles. The highest BCUT2D eigenvalue weighted by Crippen LogP contribution is 2.32. The maximum absolute atomic E-state index is 15.0. The lowest BCUT2D eigenvalue weighted by Crippen LogP contribution is -2.22. The van der Waals surface area contributed by atoms with Crippen LogP contribution in [0.5, 0.6) is 0 Å². The van der Waals surface area contributed by atoms with E-state index in [1.807, 2.05) is 26.8 Å². The van der Waals surface area contributed by atoms with Crippen LogP contribution in [-0.2, 0) is 12.1 Å². The monoisotopic (exact) mass is 501 g/mol. The second-order valence-corrected chi connectivity index (χ2v) is 9.80. The number of fused-ring (bicyclic) bond motifs is 1. The van der Waals surface area contributed by atoms with Crippen molar-refractivity contribution in [3.63, 3.8) is 0 Å². The normalized spacial score (nSPS) is 12.7. The summed E-state index contributed by atoms with van der Waals surface area (Å²) in [5.74, 6) is -1.15. The van der Waals surface area contributed by atoms with E-state index < -0.39 is 11.8 Å². The molecule has 5 rings (SSSR count). The van der Waals surface area contributed by atoms with Crippen molar-refractivity contribution in [1.82, 2.24) is 15.1 Å². The maximum atomic E-state index is 15.0. The zero-order valence-electron chi connectivity index (χ0n) is 20.5. The van der Waals surface area contributed by atoms with Gasteiger partial charge < -0.3 is 16.0 Å². The van der Waals surface area contributed by atoms with Gasteiger partial charge >= 0.3 is 6.03 Å². The number of rotatable bonds is 4. The molecule has 0 unspecified atom stereocenters. The average molecular weight is 502 g/mol. The van der Waals surface area contributed by atoms with E-state index in [0.717, 1.165) is 11.1 Å². The molecule has 37 heavy (non-hydrogen) atoms. The van der Waals surface area contributed by atoms with E-state index in [2.05, 4.69) is 21.0 Å². The summed E-state index contributed by atoms with van der Waals surface area (Å²) in [6.07, 6.45) is 1.68. The Bertz CT molecular complexity index is 1520. The third kappa shape index (κ3) is 4.80. The fourth-order valence-electron chi connectivity index (χ4n) is 4.21. The minimum atomic E-state index is -0.654.